The van der Waals surface area contributed by atoms with E-state index in [1.165, 1.54) is 13.0 Å². The number of carboxylic acids is 1. The van der Waals surface area contributed by atoms with Crippen molar-refractivity contribution >= 4 is 34.8 Å². The lowest BCUT2D eigenvalue weighted by molar-refractivity contribution is -0.125. The second-order valence-corrected chi connectivity index (χ2v) is 6.91. The number of thioether (sulfide) groups is 1. The second kappa shape index (κ2) is 9.83. The summed E-state index contributed by atoms with van der Waals surface area (Å²) in [5, 5.41) is 10.7. The molecule has 2 aromatic rings. The largest absolute Gasteiger partial charge is 0.478 e. The van der Waals surface area contributed by atoms with Crippen molar-refractivity contribution in [2.24, 2.45) is 5.73 Å². The third-order valence-electron chi connectivity index (χ3n) is 3.73. The van der Waals surface area contributed by atoms with Crippen LogP contribution in [0.15, 0.2) is 36.4 Å². The van der Waals surface area contributed by atoms with Gasteiger partial charge in [-0.1, -0.05) is 6.07 Å². The predicted molar refractivity (Wildman–Crippen MR) is 104 cm³/mol. The molecule has 158 valence electrons. The van der Waals surface area contributed by atoms with Gasteiger partial charge in [0, 0.05) is 24.3 Å². The summed E-state index contributed by atoms with van der Waals surface area (Å²) in [6, 6.07) is 5.24. The molecule has 1 atom stereocenters. The van der Waals surface area contributed by atoms with Crippen LogP contribution in [0.4, 0.5) is 13.6 Å². The van der Waals surface area contributed by atoms with Gasteiger partial charge in [-0.3, -0.25) is 9.59 Å². The van der Waals surface area contributed by atoms with Crippen molar-refractivity contribution in [1.82, 2.24) is 5.32 Å². The molecule has 4 N–H and O–H groups in total. The van der Waals surface area contributed by atoms with Crippen molar-refractivity contribution < 1.29 is 37.8 Å². The van der Waals surface area contributed by atoms with Gasteiger partial charge in [-0.05, 0) is 41.6 Å². The number of carbonyl (C=O) groups is 4. The van der Waals surface area contributed by atoms with Gasteiger partial charge in [0.15, 0.2) is 0 Å². The molecule has 0 saturated carbocycles. The molecule has 0 radical (unpaired) electrons. The molecule has 8 nitrogen and oxygen atoms in total. The summed E-state index contributed by atoms with van der Waals surface area (Å²) in [5.41, 5.74) is 4.80. The third-order valence-corrected chi connectivity index (χ3v) is 4.55. The molecule has 0 fully saturated rings. The van der Waals surface area contributed by atoms with E-state index in [1.54, 1.807) is 0 Å². The summed E-state index contributed by atoms with van der Waals surface area (Å²) < 4.78 is 32.1. The Morgan fingerprint density at radius 1 is 1.17 bits per heavy atom. The molecule has 0 aliphatic carbocycles. The van der Waals surface area contributed by atoms with Gasteiger partial charge < -0.3 is 20.9 Å². The SMILES string of the molecule is CC(=O)NC(CSC(=O)Oc1ccc(-c2ccc(F)cc2F)cc1C(=O)O)C(N)=O. The van der Waals surface area contributed by atoms with Crippen LogP contribution >= 0.6 is 11.8 Å². The fourth-order valence-electron chi connectivity index (χ4n) is 2.39. The monoisotopic (exact) mass is 438 g/mol. The minimum Gasteiger partial charge on any atom is -0.478 e. The summed E-state index contributed by atoms with van der Waals surface area (Å²) in [6.07, 6.45) is 0. The van der Waals surface area contributed by atoms with Crippen LogP contribution in [0, 0.1) is 11.6 Å². The molecule has 2 rings (SSSR count). The molecule has 0 saturated heterocycles. The fraction of sp³-hybridized carbons (Fsp3) is 0.158. The van der Waals surface area contributed by atoms with Crippen LogP contribution in [-0.4, -0.2) is 40.0 Å². The first-order chi connectivity index (χ1) is 14.1. The van der Waals surface area contributed by atoms with E-state index in [0.717, 1.165) is 24.3 Å². The van der Waals surface area contributed by atoms with Crippen LogP contribution in [-0.2, 0) is 9.59 Å². The lowest BCUT2D eigenvalue weighted by Gasteiger charge is -2.14. The average molecular weight is 438 g/mol. The van der Waals surface area contributed by atoms with Gasteiger partial charge in [-0.25, -0.2) is 18.4 Å². The highest BCUT2D eigenvalue weighted by atomic mass is 32.2. The maximum atomic E-state index is 14.0. The first kappa shape index (κ1) is 22.8. The Labute approximate surface area is 173 Å². The number of amides is 2. The van der Waals surface area contributed by atoms with Crippen LogP contribution in [0.3, 0.4) is 0 Å². The van der Waals surface area contributed by atoms with Crippen LogP contribution < -0.4 is 15.8 Å². The topological polar surface area (TPSA) is 136 Å². The highest BCUT2D eigenvalue weighted by molar-refractivity contribution is 8.13. The van der Waals surface area contributed by atoms with Gasteiger partial charge in [0.25, 0.3) is 0 Å². The Hall–Kier alpha value is -3.47. The van der Waals surface area contributed by atoms with Crippen LogP contribution in [0.25, 0.3) is 11.1 Å². The summed E-state index contributed by atoms with van der Waals surface area (Å²) in [5.74, 6) is -5.05. The maximum Gasteiger partial charge on any atom is 0.372 e. The number of nitrogens with one attached hydrogen (secondary N) is 1. The normalized spacial score (nSPS) is 11.4. The smallest absolute Gasteiger partial charge is 0.372 e. The van der Waals surface area contributed by atoms with Crippen molar-refractivity contribution in [3.8, 4) is 16.9 Å². The Bertz CT molecular complexity index is 1010. The molecule has 1 unspecified atom stereocenters. The molecule has 11 heteroatoms. The summed E-state index contributed by atoms with van der Waals surface area (Å²) in [7, 11) is 0. The number of carboxylic acid groups (broad SMARTS) is 1. The quantitative estimate of drug-likeness (QED) is 0.565. The highest BCUT2D eigenvalue weighted by Gasteiger charge is 2.21. The number of aromatic carboxylic acids is 1. The molecule has 0 bridgehead atoms. The van der Waals surface area contributed by atoms with Crippen molar-refractivity contribution in [3.63, 3.8) is 0 Å². The molecule has 0 aromatic heterocycles. The Balaban J connectivity index is 2.19. The number of benzene rings is 2. The Kier molecular flexibility index (Phi) is 7.48. The third kappa shape index (κ3) is 6.01. The van der Waals surface area contributed by atoms with Crippen LogP contribution in [0.2, 0.25) is 0 Å². The molecule has 0 spiro atoms. The van der Waals surface area contributed by atoms with Crippen molar-refractivity contribution in [2.45, 2.75) is 13.0 Å². The number of hydrogen-bond donors (Lipinski definition) is 3. The van der Waals surface area contributed by atoms with Crippen LogP contribution in [0.1, 0.15) is 17.3 Å². The molecule has 0 aliphatic heterocycles. The molecule has 30 heavy (non-hydrogen) atoms. The molecular weight excluding hydrogens is 422 g/mol. The van der Waals surface area contributed by atoms with Gasteiger partial charge in [0.1, 0.15) is 29.0 Å². The molecular formula is C19H16F2N2O6S. The summed E-state index contributed by atoms with van der Waals surface area (Å²) >= 11 is 0.503. The predicted octanol–water partition coefficient (Wildman–Crippen LogP) is 2.55. The summed E-state index contributed by atoms with van der Waals surface area (Å²) in [4.78, 5) is 45.9. The van der Waals surface area contributed by atoms with E-state index in [2.05, 4.69) is 5.32 Å². The van der Waals surface area contributed by atoms with Crippen molar-refractivity contribution in [2.75, 3.05) is 5.75 Å². The molecule has 2 aromatic carbocycles. The van der Waals surface area contributed by atoms with Gasteiger partial charge in [-0.15, -0.1) is 0 Å². The number of rotatable bonds is 7. The summed E-state index contributed by atoms with van der Waals surface area (Å²) in [6.45, 7) is 1.17. The van der Waals surface area contributed by atoms with Gasteiger partial charge in [0.2, 0.25) is 11.8 Å². The molecule has 0 aliphatic rings. The van der Waals surface area contributed by atoms with E-state index in [4.69, 9.17) is 10.5 Å². The van der Waals surface area contributed by atoms with E-state index in [1.807, 2.05) is 0 Å². The van der Waals surface area contributed by atoms with Gasteiger partial charge in [-0.2, -0.15) is 0 Å². The lowest BCUT2D eigenvalue weighted by Crippen LogP contribution is -2.45. The van der Waals surface area contributed by atoms with E-state index in [0.29, 0.717) is 17.8 Å². The van der Waals surface area contributed by atoms with E-state index in [-0.39, 0.29) is 22.6 Å². The number of ether oxygens (including phenoxy) is 1. The first-order valence-corrected chi connectivity index (χ1v) is 9.31. The standard InChI is InChI=1S/C19H16F2N2O6S/c1-9(24)23-15(17(22)25)8-30-19(28)29-16-5-2-10(6-13(16)18(26)27)12-4-3-11(20)7-14(12)21/h2-7,15H,8H2,1H3,(H2,22,25)(H,23,24)(H,26,27). The number of primary amides is 1. The zero-order valence-electron chi connectivity index (χ0n) is 15.5. The van der Waals surface area contributed by atoms with E-state index < -0.39 is 46.3 Å². The van der Waals surface area contributed by atoms with Gasteiger partial charge in [0.05, 0.1) is 0 Å². The number of nitrogens with two attached hydrogens (primary N) is 1. The highest BCUT2D eigenvalue weighted by Crippen LogP contribution is 2.30. The Morgan fingerprint density at radius 2 is 1.87 bits per heavy atom. The minimum atomic E-state index is -1.44. The van der Waals surface area contributed by atoms with Crippen molar-refractivity contribution in [3.05, 3.63) is 53.6 Å². The lowest BCUT2D eigenvalue weighted by atomic mass is 10.0. The number of carbonyl (C=O) groups excluding carboxylic acids is 3. The fourth-order valence-corrected chi connectivity index (χ4v) is 3.09. The number of hydrogen-bond acceptors (Lipinski definition) is 6. The minimum absolute atomic E-state index is 0.0363. The maximum absolute atomic E-state index is 14.0. The zero-order chi connectivity index (χ0) is 22.4. The van der Waals surface area contributed by atoms with E-state index >= 15 is 0 Å². The average Bonchev–Trinajstić information content (AvgIpc) is 2.65. The second-order valence-electron chi connectivity index (χ2n) is 5.96. The van der Waals surface area contributed by atoms with Crippen LogP contribution in [0.5, 0.6) is 5.75 Å². The zero-order valence-corrected chi connectivity index (χ0v) is 16.3. The molecule has 2 amide bonds. The van der Waals surface area contributed by atoms with Crippen molar-refractivity contribution in [1.29, 1.82) is 0 Å². The Morgan fingerprint density at radius 3 is 2.43 bits per heavy atom. The number of halogens is 2. The first-order valence-electron chi connectivity index (χ1n) is 8.32. The molecule has 0 heterocycles. The van der Waals surface area contributed by atoms with Gasteiger partial charge >= 0.3 is 11.3 Å². The van der Waals surface area contributed by atoms with E-state index in [9.17, 15) is 33.1 Å².